The molecule has 0 aromatic rings. The zero-order valence-electron chi connectivity index (χ0n) is 19.3. The lowest BCUT2D eigenvalue weighted by Gasteiger charge is -2.42. The van der Waals surface area contributed by atoms with E-state index in [1.807, 2.05) is 19.9 Å². The van der Waals surface area contributed by atoms with Gasteiger partial charge in [-0.2, -0.15) is 0 Å². The number of halogens is 2. The van der Waals surface area contributed by atoms with Gasteiger partial charge in [-0.15, -0.1) is 0 Å². The van der Waals surface area contributed by atoms with E-state index in [4.69, 9.17) is 0 Å². The lowest BCUT2D eigenvalue weighted by Crippen LogP contribution is -2.32. The quantitative estimate of drug-likeness (QED) is 0.441. The van der Waals surface area contributed by atoms with Crippen LogP contribution in [0.15, 0.2) is 47.1 Å². The van der Waals surface area contributed by atoms with Crippen molar-refractivity contribution in [1.82, 2.24) is 0 Å². The molecule has 0 spiro atoms. The average Bonchev–Trinajstić information content (AvgIpc) is 3.00. The molecule has 0 amide bonds. The van der Waals surface area contributed by atoms with Gasteiger partial charge in [0.25, 0.3) is 0 Å². The van der Waals surface area contributed by atoms with E-state index in [2.05, 4.69) is 32.6 Å². The summed E-state index contributed by atoms with van der Waals surface area (Å²) in [5.41, 5.74) is 3.81. The van der Waals surface area contributed by atoms with Crippen molar-refractivity contribution >= 4 is 0 Å². The van der Waals surface area contributed by atoms with E-state index in [-0.39, 0.29) is 18.3 Å². The molecule has 168 valence electrons. The Morgan fingerprint density at radius 2 is 2.07 bits per heavy atom. The number of hydrogen-bond acceptors (Lipinski definition) is 1. The van der Waals surface area contributed by atoms with Crippen LogP contribution in [0.3, 0.4) is 0 Å². The third-order valence-electron chi connectivity index (χ3n) is 7.76. The zero-order chi connectivity index (χ0) is 22.1. The molecule has 1 N–H and O–H groups in total. The molecule has 0 aromatic carbocycles. The Labute approximate surface area is 182 Å². The molecule has 0 saturated heterocycles. The van der Waals surface area contributed by atoms with Gasteiger partial charge in [-0.05, 0) is 80.8 Å². The van der Waals surface area contributed by atoms with Gasteiger partial charge >= 0.3 is 0 Å². The van der Waals surface area contributed by atoms with Gasteiger partial charge in [0.1, 0.15) is 12.3 Å². The van der Waals surface area contributed by atoms with Crippen LogP contribution in [-0.4, -0.2) is 23.1 Å². The Bertz CT molecular complexity index is 738. The molecule has 0 heterocycles. The van der Waals surface area contributed by atoms with Gasteiger partial charge < -0.3 is 5.11 Å². The summed E-state index contributed by atoms with van der Waals surface area (Å²) >= 11 is 0. The monoisotopic (exact) mass is 418 g/mol. The van der Waals surface area contributed by atoms with Gasteiger partial charge in [0.15, 0.2) is 0 Å². The second-order valence-electron chi connectivity index (χ2n) is 10.8. The van der Waals surface area contributed by atoms with E-state index in [0.29, 0.717) is 17.4 Å². The minimum absolute atomic E-state index is 0.0495. The summed E-state index contributed by atoms with van der Waals surface area (Å²) in [4.78, 5) is 0. The van der Waals surface area contributed by atoms with Gasteiger partial charge in [0, 0.05) is 12.8 Å². The molecule has 0 aromatic heterocycles. The standard InChI is InChI=1S/C27H40F2O/c1-18(8-6-14-26(3,4)30)23-12-13-24-20(9-7-15-27(23,24)5)10-11-21-16-22(28)17-25(29)19(21)2/h10-12,18,22,24-25,30H,2,6-9,13-17H2,1,3-5H3. The molecular formula is C27H40F2O. The molecule has 0 radical (unpaired) electrons. The number of aliphatic hydroxyl groups is 1. The van der Waals surface area contributed by atoms with Crippen molar-refractivity contribution < 1.29 is 13.9 Å². The predicted molar refractivity (Wildman–Crippen MR) is 122 cm³/mol. The van der Waals surface area contributed by atoms with Crippen LogP contribution in [0.2, 0.25) is 0 Å². The fraction of sp³-hybridized carbons (Fsp3) is 0.704. The summed E-state index contributed by atoms with van der Waals surface area (Å²) in [6, 6.07) is 0. The van der Waals surface area contributed by atoms with Gasteiger partial charge in [-0.1, -0.05) is 56.2 Å². The molecule has 3 rings (SSSR count). The first kappa shape index (κ1) is 23.4. The lowest BCUT2D eigenvalue weighted by atomic mass is 9.62. The molecular weight excluding hydrogens is 378 g/mol. The summed E-state index contributed by atoms with van der Waals surface area (Å²) in [5, 5.41) is 10.0. The van der Waals surface area contributed by atoms with Crippen molar-refractivity contribution in [2.45, 2.75) is 103 Å². The fourth-order valence-electron chi connectivity index (χ4n) is 6.02. The van der Waals surface area contributed by atoms with E-state index in [1.54, 1.807) is 5.57 Å². The van der Waals surface area contributed by atoms with Crippen LogP contribution in [0.25, 0.3) is 0 Å². The Balaban J connectivity index is 1.71. The fourth-order valence-corrected chi connectivity index (χ4v) is 6.02. The molecule has 2 saturated carbocycles. The topological polar surface area (TPSA) is 20.2 Å². The van der Waals surface area contributed by atoms with E-state index in [9.17, 15) is 13.9 Å². The molecule has 3 heteroatoms. The lowest BCUT2D eigenvalue weighted by molar-refractivity contribution is 0.0670. The van der Waals surface area contributed by atoms with Gasteiger partial charge in [0.2, 0.25) is 0 Å². The van der Waals surface area contributed by atoms with Crippen molar-refractivity contribution in [2.75, 3.05) is 0 Å². The minimum atomic E-state index is -1.25. The van der Waals surface area contributed by atoms with Gasteiger partial charge in [0.05, 0.1) is 5.60 Å². The van der Waals surface area contributed by atoms with Crippen LogP contribution in [0.4, 0.5) is 8.78 Å². The maximum Gasteiger partial charge on any atom is 0.128 e. The number of hydrogen-bond donors (Lipinski definition) is 1. The molecule has 5 atom stereocenters. The van der Waals surface area contributed by atoms with E-state index >= 15 is 0 Å². The van der Waals surface area contributed by atoms with Crippen LogP contribution in [-0.2, 0) is 0 Å². The first-order valence-corrected chi connectivity index (χ1v) is 11.8. The van der Waals surface area contributed by atoms with E-state index in [0.717, 1.165) is 44.1 Å². The van der Waals surface area contributed by atoms with E-state index < -0.39 is 17.9 Å². The van der Waals surface area contributed by atoms with Crippen LogP contribution in [0.5, 0.6) is 0 Å². The Hall–Kier alpha value is -1.22. The summed E-state index contributed by atoms with van der Waals surface area (Å²) < 4.78 is 27.9. The highest BCUT2D eigenvalue weighted by Crippen LogP contribution is 2.57. The highest BCUT2D eigenvalue weighted by Gasteiger charge is 2.45. The molecule has 30 heavy (non-hydrogen) atoms. The second kappa shape index (κ2) is 9.10. The number of allylic oxidation sites excluding steroid dienone is 7. The molecule has 1 nitrogen and oxygen atoms in total. The van der Waals surface area contributed by atoms with Crippen LogP contribution >= 0.6 is 0 Å². The van der Waals surface area contributed by atoms with Crippen LogP contribution < -0.4 is 0 Å². The third-order valence-corrected chi connectivity index (χ3v) is 7.76. The minimum Gasteiger partial charge on any atom is -0.390 e. The van der Waals surface area contributed by atoms with Crippen molar-refractivity contribution in [3.63, 3.8) is 0 Å². The van der Waals surface area contributed by atoms with Gasteiger partial charge in [-0.3, -0.25) is 0 Å². The highest BCUT2D eigenvalue weighted by molar-refractivity contribution is 5.40. The molecule has 5 unspecified atom stereocenters. The predicted octanol–water partition coefficient (Wildman–Crippen LogP) is 7.58. The third kappa shape index (κ3) is 5.15. The number of rotatable bonds is 6. The Kier molecular flexibility index (Phi) is 7.11. The molecule has 2 fully saturated rings. The summed E-state index contributed by atoms with van der Waals surface area (Å²) in [7, 11) is 0. The normalized spacial score (nSPS) is 36.2. The Morgan fingerprint density at radius 1 is 1.33 bits per heavy atom. The smallest absolute Gasteiger partial charge is 0.128 e. The SMILES string of the molecule is C=C1C(=CC=C2CCCC3(C)C(C(C)CCCC(C)(C)O)=CCC23)CC(F)CC1F. The van der Waals surface area contributed by atoms with E-state index in [1.165, 1.54) is 12.0 Å². The van der Waals surface area contributed by atoms with Crippen molar-refractivity contribution in [1.29, 1.82) is 0 Å². The number of fused-ring (bicyclic) bond motifs is 1. The maximum absolute atomic E-state index is 14.0. The van der Waals surface area contributed by atoms with Crippen LogP contribution in [0, 0.1) is 17.3 Å². The van der Waals surface area contributed by atoms with Crippen LogP contribution in [0.1, 0.15) is 85.5 Å². The first-order chi connectivity index (χ1) is 14.0. The summed E-state index contributed by atoms with van der Waals surface area (Å²) in [5.74, 6) is 1.02. The molecule has 3 aliphatic rings. The Morgan fingerprint density at radius 3 is 2.77 bits per heavy atom. The largest absolute Gasteiger partial charge is 0.390 e. The molecule has 0 aliphatic heterocycles. The first-order valence-electron chi connectivity index (χ1n) is 11.8. The maximum atomic E-state index is 14.0. The summed E-state index contributed by atoms with van der Waals surface area (Å²) in [6.07, 6.45) is 11.9. The highest BCUT2D eigenvalue weighted by atomic mass is 19.1. The molecule has 3 aliphatic carbocycles. The number of alkyl halides is 2. The average molecular weight is 419 g/mol. The second-order valence-corrected chi connectivity index (χ2v) is 10.8. The van der Waals surface area contributed by atoms with Crippen molar-refractivity contribution in [3.05, 3.63) is 47.1 Å². The van der Waals surface area contributed by atoms with Crippen molar-refractivity contribution in [2.24, 2.45) is 17.3 Å². The van der Waals surface area contributed by atoms with Crippen molar-refractivity contribution in [3.8, 4) is 0 Å². The molecule has 0 bridgehead atoms. The summed E-state index contributed by atoms with van der Waals surface area (Å²) in [6.45, 7) is 12.4. The van der Waals surface area contributed by atoms with Gasteiger partial charge in [-0.25, -0.2) is 8.78 Å². The zero-order valence-corrected chi connectivity index (χ0v) is 19.3.